The van der Waals surface area contributed by atoms with Gasteiger partial charge in [0.2, 0.25) is 0 Å². The number of pyridine rings is 1. The predicted octanol–water partition coefficient (Wildman–Crippen LogP) is 4.22. The molecule has 0 atom stereocenters. The average Bonchev–Trinajstić information content (AvgIpc) is 2.77. The molecule has 2 heterocycles. The summed E-state index contributed by atoms with van der Waals surface area (Å²) in [6.45, 7) is 1.71. The van der Waals surface area contributed by atoms with E-state index in [1.807, 2.05) is 0 Å². The summed E-state index contributed by atoms with van der Waals surface area (Å²) in [6.07, 6.45) is -4.13. The highest BCUT2D eigenvalue weighted by Crippen LogP contribution is 2.31. The van der Waals surface area contributed by atoms with Crippen LogP contribution in [0.2, 0.25) is 0 Å². The molecular weight excluding hydrogens is 437 g/mol. The molecule has 4 rings (SSSR count). The Balaban J connectivity index is 1.62. The Morgan fingerprint density at radius 2 is 1.85 bits per heavy atom. The molecule has 1 aliphatic rings. The summed E-state index contributed by atoms with van der Waals surface area (Å²) >= 11 is 0. The van der Waals surface area contributed by atoms with Gasteiger partial charge in [0.1, 0.15) is 17.2 Å². The summed E-state index contributed by atoms with van der Waals surface area (Å²) in [7, 11) is 3.25. The van der Waals surface area contributed by atoms with Gasteiger partial charge in [-0.3, -0.25) is 9.69 Å². The number of rotatable bonds is 5. The van der Waals surface area contributed by atoms with Crippen molar-refractivity contribution < 1.29 is 27.8 Å². The standard InChI is InChI=1S/C24H23F3N2O4/c1-28-20-10-11-29(14-19-21(30)4-3-5-22(19)32-2)13-16(20)12-18(23(28)31)15-6-8-17(9-7-15)33-24(25,26)27/h3-9,12,30H,10-11,13-14H2,1-2H3. The molecule has 3 aromatic rings. The Kier molecular flexibility index (Phi) is 6.07. The van der Waals surface area contributed by atoms with Crippen molar-refractivity contribution in [1.29, 1.82) is 0 Å². The lowest BCUT2D eigenvalue weighted by Crippen LogP contribution is -2.35. The van der Waals surface area contributed by atoms with Gasteiger partial charge < -0.3 is 19.1 Å². The van der Waals surface area contributed by atoms with Gasteiger partial charge in [0.05, 0.1) is 7.11 Å². The van der Waals surface area contributed by atoms with Gasteiger partial charge in [0.25, 0.3) is 5.56 Å². The molecule has 0 bridgehead atoms. The number of benzene rings is 2. The van der Waals surface area contributed by atoms with E-state index in [-0.39, 0.29) is 17.1 Å². The summed E-state index contributed by atoms with van der Waals surface area (Å²) < 4.78 is 48.2. The highest BCUT2D eigenvalue weighted by atomic mass is 19.4. The number of aromatic nitrogens is 1. The summed E-state index contributed by atoms with van der Waals surface area (Å²) in [5, 5.41) is 10.3. The summed E-state index contributed by atoms with van der Waals surface area (Å²) in [4.78, 5) is 15.1. The van der Waals surface area contributed by atoms with Crippen LogP contribution < -0.4 is 15.0 Å². The Bertz CT molecular complexity index is 1220. The monoisotopic (exact) mass is 460 g/mol. The summed E-state index contributed by atoms with van der Waals surface area (Å²) in [5.74, 6) is 0.411. The van der Waals surface area contributed by atoms with Gasteiger partial charge >= 0.3 is 6.36 Å². The van der Waals surface area contributed by atoms with Crippen LogP contribution in [0.5, 0.6) is 17.2 Å². The molecule has 0 fully saturated rings. The molecule has 9 heteroatoms. The molecule has 1 N–H and O–H groups in total. The number of phenolic OH excluding ortho intramolecular Hbond substituents is 1. The lowest BCUT2D eigenvalue weighted by Gasteiger charge is -2.31. The molecule has 0 unspecified atom stereocenters. The second-order valence-electron chi connectivity index (χ2n) is 7.88. The highest BCUT2D eigenvalue weighted by Gasteiger charge is 2.31. The molecule has 33 heavy (non-hydrogen) atoms. The molecular formula is C24H23F3N2O4. The second kappa shape index (κ2) is 8.82. The lowest BCUT2D eigenvalue weighted by molar-refractivity contribution is -0.274. The molecule has 0 saturated carbocycles. The van der Waals surface area contributed by atoms with Gasteiger partial charge in [-0.2, -0.15) is 0 Å². The zero-order valence-corrected chi connectivity index (χ0v) is 18.1. The zero-order chi connectivity index (χ0) is 23.8. The number of hydrogen-bond donors (Lipinski definition) is 1. The largest absolute Gasteiger partial charge is 0.573 e. The number of halogens is 3. The molecule has 0 spiro atoms. The topological polar surface area (TPSA) is 63.9 Å². The van der Waals surface area contributed by atoms with E-state index < -0.39 is 6.36 Å². The zero-order valence-electron chi connectivity index (χ0n) is 18.1. The number of alkyl halides is 3. The number of hydrogen-bond acceptors (Lipinski definition) is 5. The third-order valence-electron chi connectivity index (χ3n) is 5.80. The SMILES string of the molecule is COc1cccc(O)c1CN1CCc2c(cc(-c3ccc(OC(F)(F)F)cc3)c(=O)n2C)C1. The molecule has 1 aromatic heterocycles. The van der Waals surface area contributed by atoms with Crippen molar-refractivity contribution >= 4 is 0 Å². The van der Waals surface area contributed by atoms with Gasteiger partial charge in [0, 0.05) is 49.9 Å². The maximum Gasteiger partial charge on any atom is 0.573 e. The fourth-order valence-corrected chi connectivity index (χ4v) is 4.19. The number of nitrogens with zero attached hydrogens (tertiary/aromatic N) is 2. The third kappa shape index (κ3) is 4.83. The predicted molar refractivity (Wildman–Crippen MR) is 116 cm³/mol. The molecule has 2 aromatic carbocycles. The van der Waals surface area contributed by atoms with Crippen molar-refractivity contribution in [2.24, 2.45) is 7.05 Å². The first-order valence-electron chi connectivity index (χ1n) is 10.3. The van der Waals surface area contributed by atoms with E-state index in [1.54, 1.807) is 43.0 Å². The molecule has 0 aliphatic carbocycles. The van der Waals surface area contributed by atoms with Gasteiger partial charge in [-0.15, -0.1) is 13.2 Å². The van der Waals surface area contributed by atoms with Crippen LogP contribution in [0.25, 0.3) is 11.1 Å². The minimum absolute atomic E-state index is 0.155. The van der Waals surface area contributed by atoms with Crippen molar-refractivity contribution in [3.05, 3.63) is 75.7 Å². The van der Waals surface area contributed by atoms with Crippen molar-refractivity contribution in [2.45, 2.75) is 25.9 Å². The maximum absolute atomic E-state index is 12.9. The van der Waals surface area contributed by atoms with Gasteiger partial charge in [-0.1, -0.05) is 18.2 Å². The first-order chi connectivity index (χ1) is 15.7. The van der Waals surface area contributed by atoms with Gasteiger partial charge in [-0.05, 0) is 41.5 Å². The van der Waals surface area contributed by atoms with E-state index in [0.29, 0.717) is 48.5 Å². The Hall–Kier alpha value is -3.46. The summed E-state index contributed by atoms with van der Waals surface area (Å²) in [5.41, 5.74) is 3.25. The molecule has 6 nitrogen and oxygen atoms in total. The van der Waals surface area contributed by atoms with Crippen molar-refractivity contribution in [2.75, 3.05) is 13.7 Å². The molecule has 0 amide bonds. The first kappa shape index (κ1) is 22.7. The lowest BCUT2D eigenvalue weighted by atomic mass is 9.98. The van der Waals surface area contributed by atoms with Crippen LogP contribution in [0.15, 0.2) is 53.3 Å². The van der Waals surface area contributed by atoms with E-state index in [9.17, 15) is 23.1 Å². The normalized spacial score (nSPS) is 14.1. The van der Waals surface area contributed by atoms with Gasteiger partial charge in [0.15, 0.2) is 0 Å². The number of fused-ring (bicyclic) bond motifs is 1. The van der Waals surface area contributed by atoms with Crippen LogP contribution in [0, 0.1) is 0 Å². The van der Waals surface area contributed by atoms with Crippen molar-refractivity contribution in [1.82, 2.24) is 9.47 Å². The number of phenols is 1. The third-order valence-corrected chi connectivity index (χ3v) is 5.80. The smallest absolute Gasteiger partial charge is 0.507 e. The van der Waals surface area contributed by atoms with Gasteiger partial charge in [-0.25, -0.2) is 0 Å². The number of methoxy groups -OCH3 is 1. The van der Waals surface area contributed by atoms with E-state index >= 15 is 0 Å². The van der Waals surface area contributed by atoms with Crippen LogP contribution in [0.4, 0.5) is 13.2 Å². The van der Waals surface area contributed by atoms with Crippen LogP contribution in [0.3, 0.4) is 0 Å². The quantitative estimate of drug-likeness (QED) is 0.618. The van der Waals surface area contributed by atoms with Crippen molar-refractivity contribution in [3.63, 3.8) is 0 Å². The molecule has 1 aliphatic heterocycles. The first-order valence-corrected chi connectivity index (χ1v) is 10.3. The fourth-order valence-electron chi connectivity index (χ4n) is 4.19. The maximum atomic E-state index is 12.9. The molecule has 0 radical (unpaired) electrons. The fraction of sp³-hybridized carbons (Fsp3) is 0.292. The second-order valence-corrected chi connectivity index (χ2v) is 7.88. The Morgan fingerprint density at radius 3 is 2.52 bits per heavy atom. The number of ether oxygens (including phenoxy) is 2. The van der Waals surface area contributed by atoms with E-state index in [2.05, 4.69) is 9.64 Å². The van der Waals surface area contributed by atoms with E-state index in [4.69, 9.17) is 4.74 Å². The van der Waals surface area contributed by atoms with Crippen LogP contribution in [-0.4, -0.2) is 34.6 Å². The molecule has 174 valence electrons. The van der Waals surface area contributed by atoms with E-state index in [0.717, 1.165) is 11.3 Å². The summed E-state index contributed by atoms with van der Waals surface area (Å²) in [6, 6.07) is 12.2. The van der Waals surface area contributed by atoms with Crippen LogP contribution in [0.1, 0.15) is 16.8 Å². The van der Waals surface area contributed by atoms with Crippen LogP contribution in [-0.2, 0) is 26.6 Å². The number of aromatic hydroxyl groups is 1. The minimum atomic E-state index is -4.78. The van der Waals surface area contributed by atoms with E-state index in [1.165, 1.54) is 24.3 Å². The Labute approximate surface area is 188 Å². The highest BCUT2D eigenvalue weighted by molar-refractivity contribution is 5.64. The van der Waals surface area contributed by atoms with Crippen molar-refractivity contribution in [3.8, 4) is 28.4 Å². The average molecular weight is 460 g/mol. The molecule has 0 saturated heterocycles. The minimum Gasteiger partial charge on any atom is -0.507 e. The van der Waals surface area contributed by atoms with Crippen LogP contribution >= 0.6 is 0 Å². The Morgan fingerprint density at radius 1 is 1.12 bits per heavy atom.